The zero-order chi connectivity index (χ0) is 13.7. The molecule has 0 amide bonds. The molecule has 3 heteroatoms. The Bertz CT molecular complexity index is 523. The number of benzene rings is 2. The molecule has 0 fully saturated rings. The van der Waals surface area contributed by atoms with E-state index < -0.39 is 0 Å². The minimum absolute atomic E-state index is 0.191. The summed E-state index contributed by atoms with van der Waals surface area (Å²) < 4.78 is 13.1. The summed E-state index contributed by atoms with van der Waals surface area (Å²) >= 11 is 0. The Balaban J connectivity index is 2.05. The van der Waals surface area contributed by atoms with Gasteiger partial charge in [-0.1, -0.05) is 24.3 Å². The van der Waals surface area contributed by atoms with Crippen LogP contribution in [0.5, 0.6) is 0 Å². The van der Waals surface area contributed by atoms with E-state index >= 15 is 0 Å². The summed E-state index contributed by atoms with van der Waals surface area (Å²) in [5.74, 6) is -0.191. The number of anilines is 1. The maximum atomic E-state index is 13.1. The largest absolute Gasteiger partial charge is 0.370 e. The third-order valence-corrected chi connectivity index (χ3v) is 3.12. The average Bonchev–Trinajstić information content (AvgIpc) is 2.40. The van der Waals surface area contributed by atoms with Crippen LogP contribution in [0.25, 0.3) is 0 Å². The van der Waals surface area contributed by atoms with E-state index in [1.807, 2.05) is 13.1 Å². The van der Waals surface area contributed by atoms with E-state index in [4.69, 9.17) is 5.73 Å². The molecule has 2 aromatic rings. The van der Waals surface area contributed by atoms with Crippen LogP contribution in [0.15, 0.2) is 48.5 Å². The van der Waals surface area contributed by atoms with Gasteiger partial charge in [0.15, 0.2) is 0 Å². The van der Waals surface area contributed by atoms with E-state index in [1.54, 1.807) is 12.1 Å². The van der Waals surface area contributed by atoms with Gasteiger partial charge in [0.2, 0.25) is 0 Å². The fourth-order valence-corrected chi connectivity index (χ4v) is 2.08. The fourth-order valence-electron chi connectivity index (χ4n) is 2.08. The molecular formula is C16H19FN2. The Labute approximate surface area is 113 Å². The standard InChI is InChI=1S/C16H19FN2/c1-19(12-14-3-2-4-15(17)11-14)16-7-5-13(6-8-16)9-10-18/h2-8,11H,9-10,12,18H2,1H3. The molecule has 2 nitrogen and oxygen atoms in total. The van der Waals surface area contributed by atoms with Crippen LogP contribution < -0.4 is 10.6 Å². The van der Waals surface area contributed by atoms with Crippen molar-refractivity contribution in [1.29, 1.82) is 0 Å². The number of nitrogens with zero attached hydrogens (tertiary/aromatic N) is 1. The minimum atomic E-state index is -0.191. The smallest absolute Gasteiger partial charge is 0.123 e. The lowest BCUT2D eigenvalue weighted by atomic mass is 10.1. The van der Waals surface area contributed by atoms with Crippen LogP contribution in [0.3, 0.4) is 0 Å². The molecule has 0 heterocycles. The summed E-state index contributed by atoms with van der Waals surface area (Å²) in [6.45, 7) is 1.35. The van der Waals surface area contributed by atoms with Crippen molar-refractivity contribution in [3.63, 3.8) is 0 Å². The first-order valence-corrected chi connectivity index (χ1v) is 6.43. The number of halogens is 1. The van der Waals surface area contributed by atoms with Crippen molar-refractivity contribution in [2.45, 2.75) is 13.0 Å². The molecule has 2 N–H and O–H groups in total. The average molecular weight is 258 g/mol. The van der Waals surface area contributed by atoms with Gasteiger partial charge in [0.05, 0.1) is 0 Å². The number of rotatable bonds is 5. The highest BCUT2D eigenvalue weighted by molar-refractivity contribution is 5.47. The van der Waals surface area contributed by atoms with Crippen molar-refractivity contribution in [2.24, 2.45) is 5.73 Å². The SMILES string of the molecule is CN(Cc1cccc(F)c1)c1ccc(CCN)cc1. The summed E-state index contributed by atoms with van der Waals surface area (Å²) in [6.07, 6.45) is 0.897. The number of hydrogen-bond acceptors (Lipinski definition) is 2. The second-order valence-corrected chi connectivity index (χ2v) is 4.69. The molecule has 0 aromatic heterocycles. The Kier molecular flexibility index (Phi) is 4.53. The topological polar surface area (TPSA) is 29.3 Å². The van der Waals surface area contributed by atoms with Crippen LogP contribution in [-0.2, 0) is 13.0 Å². The highest BCUT2D eigenvalue weighted by Gasteiger charge is 2.03. The summed E-state index contributed by atoms with van der Waals surface area (Å²) in [6, 6.07) is 15.0. The predicted octanol–water partition coefficient (Wildman–Crippen LogP) is 2.96. The fraction of sp³-hybridized carbons (Fsp3) is 0.250. The van der Waals surface area contributed by atoms with E-state index in [0.717, 1.165) is 17.7 Å². The van der Waals surface area contributed by atoms with Gasteiger partial charge in [0, 0.05) is 19.3 Å². The Morgan fingerprint density at radius 2 is 1.79 bits per heavy atom. The molecule has 100 valence electrons. The van der Waals surface area contributed by atoms with Crippen LogP contribution >= 0.6 is 0 Å². The lowest BCUT2D eigenvalue weighted by molar-refractivity contribution is 0.625. The van der Waals surface area contributed by atoms with E-state index in [0.29, 0.717) is 13.1 Å². The third-order valence-electron chi connectivity index (χ3n) is 3.12. The van der Waals surface area contributed by atoms with Gasteiger partial charge in [-0.3, -0.25) is 0 Å². The van der Waals surface area contributed by atoms with Gasteiger partial charge in [-0.15, -0.1) is 0 Å². The normalized spacial score (nSPS) is 10.5. The molecule has 2 rings (SSSR count). The van der Waals surface area contributed by atoms with Gasteiger partial charge in [-0.2, -0.15) is 0 Å². The molecule has 0 aliphatic carbocycles. The van der Waals surface area contributed by atoms with Crippen LogP contribution in [0.1, 0.15) is 11.1 Å². The maximum absolute atomic E-state index is 13.1. The van der Waals surface area contributed by atoms with Crippen molar-refractivity contribution in [3.05, 3.63) is 65.5 Å². The zero-order valence-electron chi connectivity index (χ0n) is 11.1. The lowest BCUT2D eigenvalue weighted by Gasteiger charge is -2.19. The summed E-state index contributed by atoms with van der Waals surface area (Å²) in [5.41, 5.74) is 8.85. The first-order valence-electron chi connectivity index (χ1n) is 6.43. The number of nitrogens with two attached hydrogens (primary N) is 1. The molecule has 0 radical (unpaired) electrons. The van der Waals surface area contributed by atoms with Crippen LogP contribution in [0, 0.1) is 5.82 Å². The second-order valence-electron chi connectivity index (χ2n) is 4.69. The van der Waals surface area contributed by atoms with E-state index in [9.17, 15) is 4.39 Å². The highest BCUT2D eigenvalue weighted by Crippen LogP contribution is 2.17. The van der Waals surface area contributed by atoms with Crippen LogP contribution in [0.2, 0.25) is 0 Å². The Morgan fingerprint density at radius 1 is 1.05 bits per heavy atom. The first-order chi connectivity index (χ1) is 9.19. The van der Waals surface area contributed by atoms with E-state index in [-0.39, 0.29) is 5.82 Å². The third kappa shape index (κ3) is 3.80. The monoisotopic (exact) mass is 258 g/mol. The van der Waals surface area contributed by atoms with Crippen molar-refractivity contribution >= 4 is 5.69 Å². The molecule has 0 aliphatic rings. The summed E-state index contributed by atoms with van der Waals surface area (Å²) in [7, 11) is 2.00. The maximum Gasteiger partial charge on any atom is 0.123 e. The number of hydrogen-bond donors (Lipinski definition) is 1. The molecule has 0 atom stereocenters. The summed E-state index contributed by atoms with van der Waals surface area (Å²) in [5, 5.41) is 0. The highest BCUT2D eigenvalue weighted by atomic mass is 19.1. The molecule has 19 heavy (non-hydrogen) atoms. The molecule has 0 saturated heterocycles. The van der Waals surface area contributed by atoms with Crippen molar-refractivity contribution in [3.8, 4) is 0 Å². The molecular weight excluding hydrogens is 239 g/mol. The van der Waals surface area contributed by atoms with Gasteiger partial charge < -0.3 is 10.6 Å². The molecule has 0 unspecified atom stereocenters. The molecule has 0 bridgehead atoms. The molecule has 2 aromatic carbocycles. The second kappa shape index (κ2) is 6.34. The van der Waals surface area contributed by atoms with Crippen LogP contribution in [-0.4, -0.2) is 13.6 Å². The Hall–Kier alpha value is -1.87. The van der Waals surface area contributed by atoms with E-state index in [2.05, 4.69) is 29.2 Å². The van der Waals surface area contributed by atoms with Crippen molar-refractivity contribution in [1.82, 2.24) is 0 Å². The van der Waals surface area contributed by atoms with Gasteiger partial charge >= 0.3 is 0 Å². The summed E-state index contributed by atoms with van der Waals surface area (Å²) in [4.78, 5) is 2.10. The lowest BCUT2D eigenvalue weighted by Crippen LogP contribution is -2.16. The zero-order valence-corrected chi connectivity index (χ0v) is 11.1. The van der Waals surface area contributed by atoms with Gasteiger partial charge in [0.1, 0.15) is 5.82 Å². The Morgan fingerprint density at radius 3 is 2.42 bits per heavy atom. The molecule has 0 spiro atoms. The van der Waals surface area contributed by atoms with Gasteiger partial charge in [0.25, 0.3) is 0 Å². The van der Waals surface area contributed by atoms with E-state index in [1.165, 1.54) is 11.6 Å². The van der Waals surface area contributed by atoms with Gasteiger partial charge in [-0.25, -0.2) is 4.39 Å². The van der Waals surface area contributed by atoms with Gasteiger partial charge in [-0.05, 0) is 48.4 Å². The molecule has 0 saturated carbocycles. The quantitative estimate of drug-likeness (QED) is 0.893. The minimum Gasteiger partial charge on any atom is -0.370 e. The van der Waals surface area contributed by atoms with Crippen molar-refractivity contribution < 1.29 is 4.39 Å². The first kappa shape index (κ1) is 13.6. The molecule has 0 aliphatic heterocycles. The predicted molar refractivity (Wildman–Crippen MR) is 77.7 cm³/mol. The van der Waals surface area contributed by atoms with Crippen molar-refractivity contribution in [2.75, 3.05) is 18.5 Å². The van der Waals surface area contributed by atoms with Crippen LogP contribution in [0.4, 0.5) is 10.1 Å².